The van der Waals surface area contributed by atoms with Gasteiger partial charge in [0, 0.05) is 18.7 Å². The summed E-state index contributed by atoms with van der Waals surface area (Å²) in [5.74, 6) is -2.23. The van der Waals surface area contributed by atoms with Crippen molar-refractivity contribution in [3.8, 4) is 0 Å². The first-order valence-electron chi connectivity index (χ1n) is 11.7. The molecule has 1 saturated heterocycles. The Morgan fingerprint density at radius 2 is 1.80 bits per heavy atom. The average molecular weight is 490 g/mol. The summed E-state index contributed by atoms with van der Waals surface area (Å²) in [6, 6.07) is 5.91. The summed E-state index contributed by atoms with van der Waals surface area (Å²) >= 11 is 0. The van der Waals surface area contributed by atoms with E-state index in [0.717, 1.165) is 0 Å². The Hall–Kier alpha value is -3.47. The van der Waals surface area contributed by atoms with E-state index in [9.17, 15) is 24.0 Å². The maximum Gasteiger partial charge on any atom is 0.324 e. The van der Waals surface area contributed by atoms with Crippen LogP contribution in [0.4, 0.5) is 0 Å². The zero-order valence-corrected chi connectivity index (χ0v) is 20.4. The molecule has 0 saturated carbocycles. The van der Waals surface area contributed by atoms with Crippen LogP contribution in [0.2, 0.25) is 0 Å². The van der Waals surface area contributed by atoms with Crippen LogP contribution >= 0.6 is 0 Å². The summed E-state index contributed by atoms with van der Waals surface area (Å²) in [5.41, 5.74) is 6.10. The van der Waals surface area contributed by atoms with E-state index in [-0.39, 0.29) is 30.8 Å². The molecule has 1 heterocycles. The number of amides is 4. The summed E-state index contributed by atoms with van der Waals surface area (Å²) in [5, 5.41) is 7.90. The number of carbonyl (C=O) groups excluding carboxylic acids is 5. The Kier molecular flexibility index (Phi) is 10.7. The van der Waals surface area contributed by atoms with Crippen molar-refractivity contribution in [2.45, 2.75) is 51.2 Å². The number of nitrogens with one attached hydrogen (secondary N) is 3. The van der Waals surface area contributed by atoms with Crippen molar-refractivity contribution in [2.75, 3.05) is 26.7 Å². The molecule has 35 heavy (non-hydrogen) atoms. The monoisotopic (exact) mass is 489 g/mol. The molecule has 11 heteroatoms. The van der Waals surface area contributed by atoms with Crippen molar-refractivity contribution in [3.63, 3.8) is 0 Å². The standard InChI is InChI=1S/C24H35N5O6/c1-15(2)12-18(22(32)26-13-17(25)24(34)35-3)28-23(33)19-10-7-11-29(19)20(30)14-27-21(31)16-8-5-4-6-9-16/h4-6,8-9,15,17-19H,7,10-14,25H2,1-3H3,(H,26,32)(H,27,31)(H,28,33)/t17-,18-,19-/m0/s1. The highest BCUT2D eigenvalue weighted by Gasteiger charge is 2.36. The zero-order valence-electron chi connectivity index (χ0n) is 20.4. The largest absolute Gasteiger partial charge is 0.468 e. The van der Waals surface area contributed by atoms with Crippen LogP contribution in [0.15, 0.2) is 30.3 Å². The SMILES string of the molecule is COC(=O)[C@@H](N)CNC(=O)[C@H](CC(C)C)NC(=O)[C@@H]1CCCN1C(=O)CNC(=O)c1ccccc1. The van der Waals surface area contributed by atoms with Gasteiger partial charge in [-0.3, -0.25) is 24.0 Å². The fourth-order valence-electron chi connectivity index (χ4n) is 3.83. The van der Waals surface area contributed by atoms with E-state index in [1.807, 2.05) is 13.8 Å². The first-order valence-corrected chi connectivity index (χ1v) is 11.7. The van der Waals surface area contributed by atoms with Gasteiger partial charge in [0.25, 0.3) is 5.91 Å². The lowest BCUT2D eigenvalue weighted by molar-refractivity contribution is -0.142. The van der Waals surface area contributed by atoms with E-state index in [4.69, 9.17) is 5.73 Å². The van der Waals surface area contributed by atoms with Crippen LogP contribution in [0.5, 0.6) is 0 Å². The molecule has 192 valence electrons. The van der Waals surface area contributed by atoms with Gasteiger partial charge >= 0.3 is 5.97 Å². The lowest BCUT2D eigenvalue weighted by Gasteiger charge is -2.27. The van der Waals surface area contributed by atoms with Crippen LogP contribution in [0.1, 0.15) is 43.5 Å². The predicted octanol–water partition coefficient (Wildman–Crippen LogP) is -0.445. The number of nitrogens with zero attached hydrogens (tertiary/aromatic N) is 1. The second kappa shape index (κ2) is 13.4. The summed E-state index contributed by atoms with van der Waals surface area (Å²) in [4.78, 5) is 63.6. The minimum atomic E-state index is -1.02. The fraction of sp³-hybridized carbons (Fsp3) is 0.542. The predicted molar refractivity (Wildman–Crippen MR) is 128 cm³/mol. The first-order chi connectivity index (χ1) is 16.6. The molecule has 3 atom stereocenters. The molecule has 1 fully saturated rings. The van der Waals surface area contributed by atoms with Crippen LogP contribution < -0.4 is 21.7 Å². The molecule has 1 aromatic rings. The molecule has 0 bridgehead atoms. The number of nitrogens with two attached hydrogens (primary N) is 1. The van der Waals surface area contributed by atoms with E-state index in [1.54, 1.807) is 30.3 Å². The topological polar surface area (TPSA) is 160 Å². The summed E-state index contributed by atoms with van der Waals surface area (Å²) in [7, 11) is 1.20. The number of rotatable bonds is 11. The number of likely N-dealkylation sites (tertiary alicyclic amines) is 1. The fourth-order valence-corrected chi connectivity index (χ4v) is 3.83. The number of esters is 1. The second-order valence-electron chi connectivity index (χ2n) is 8.86. The van der Waals surface area contributed by atoms with Crippen molar-refractivity contribution < 1.29 is 28.7 Å². The van der Waals surface area contributed by atoms with E-state index < -0.39 is 35.9 Å². The third kappa shape index (κ3) is 8.36. The van der Waals surface area contributed by atoms with Gasteiger partial charge in [0.15, 0.2) is 0 Å². The molecule has 1 aromatic carbocycles. The van der Waals surface area contributed by atoms with Crippen molar-refractivity contribution in [1.29, 1.82) is 0 Å². The smallest absolute Gasteiger partial charge is 0.324 e. The minimum absolute atomic E-state index is 0.0924. The number of methoxy groups -OCH3 is 1. The molecule has 5 N–H and O–H groups in total. The lowest BCUT2D eigenvalue weighted by atomic mass is 10.0. The average Bonchev–Trinajstić information content (AvgIpc) is 3.35. The van der Waals surface area contributed by atoms with E-state index in [2.05, 4.69) is 20.7 Å². The quantitative estimate of drug-likeness (QED) is 0.306. The Labute approximate surface area is 205 Å². The highest BCUT2D eigenvalue weighted by molar-refractivity contribution is 5.97. The van der Waals surface area contributed by atoms with Crippen molar-refractivity contribution >= 4 is 29.6 Å². The third-order valence-electron chi connectivity index (χ3n) is 5.65. The van der Waals surface area contributed by atoms with Crippen molar-refractivity contribution in [3.05, 3.63) is 35.9 Å². The van der Waals surface area contributed by atoms with Crippen molar-refractivity contribution in [1.82, 2.24) is 20.9 Å². The van der Waals surface area contributed by atoms with Crippen LogP contribution in [0, 0.1) is 5.92 Å². The molecule has 0 unspecified atom stereocenters. The minimum Gasteiger partial charge on any atom is -0.468 e. The molecular formula is C24H35N5O6. The van der Waals surface area contributed by atoms with Gasteiger partial charge in [-0.25, -0.2) is 0 Å². The first kappa shape index (κ1) is 27.8. The van der Waals surface area contributed by atoms with Gasteiger partial charge in [-0.05, 0) is 37.3 Å². The van der Waals surface area contributed by atoms with Crippen LogP contribution in [0.25, 0.3) is 0 Å². The van der Waals surface area contributed by atoms with Crippen LogP contribution in [-0.2, 0) is 23.9 Å². The Balaban J connectivity index is 1.96. The number of benzene rings is 1. The number of carbonyl (C=O) groups is 5. The number of hydrogen-bond donors (Lipinski definition) is 4. The molecular weight excluding hydrogens is 454 g/mol. The summed E-state index contributed by atoms with van der Waals surface area (Å²) in [6.45, 7) is 3.83. The van der Waals surface area contributed by atoms with E-state index >= 15 is 0 Å². The molecule has 0 radical (unpaired) electrons. The van der Waals surface area contributed by atoms with Gasteiger partial charge in [0.1, 0.15) is 18.1 Å². The molecule has 0 aromatic heterocycles. The maximum atomic E-state index is 13.0. The van der Waals surface area contributed by atoms with Crippen LogP contribution in [0.3, 0.4) is 0 Å². The third-order valence-corrected chi connectivity index (χ3v) is 5.65. The molecule has 0 spiro atoms. The van der Waals surface area contributed by atoms with Gasteiger partial charge in [-0.1, -0.05) is 32.0 Å². The second-order valence-corrected chi connectivity index (χ2v) is 8.86. The van der Waals surface area contributed by atoms with E-state index in [1.165, 1.54) is 12.0 Å². The highest BCUT2D eigenvalue weighted by Crippen LogP contribution is 2.18. The van der Waals surface area contributed by atoms with Gasteiger partial charge in [0.2, 0.25) is 17.7 Å². The molecule has 11 nitrogen and oxygen atoms in total. The Morgan fingerprint density at radius 1 is 1.11 bits per heavy atom. The normalized spacial score (nSPS) is 16.8. The van der Waals surface area contributed by atoms with Gasteiger partial charge < -0.3 is 31.3 Å². The number of hydrogen-bond acceptors (Lipinski definition) is 7. The van der Waals surface area contributed by atoms with Gasteiger partial charge in [-0.15, -0.1) is 0 Å². The molecule has 1 aliphatic heterocycles. The lowest BCUT2D eigenvalue weighted by Crippen LogP contribution is -2.55. The summed E-state index contributed by atoms with van der Waals surface area (Å²) < 4.78 is 4.55. The Morgan fingerprint density at radius 3 is 2.43 bits per heavy atom. The molecule has 4 amide bonds. The molecule has 2 rings (SSSR count). The van der Waals surface area contributed by atoms with Gasteiger partial charge in [0.05, 0.1) is 13.7 Å². The molecule has 1 aliphatic rings. The maximum absolute atomic E-state index is 13.0. The van der Waals surface area contributed by atoms with Crippen LogP contribution in [-0.4, -0.2) is 79.4 Å². The zero-order chi connectivity index (χ0) is 26.0. The Bertz CT molecular complexity index is 907. The summed E-state index contributed by atoms with van der Waals surface area (Å²) in [6.07, 6.45) is 1.44. The van der Waals surface area contributed by atoms with E-state index in [0.29, 0.717) is 31.4 Å². The molecule has 0 aliphatic carbocycles. The number of ether oxygens (including phenoxy) is 1. The highest BCUT2D eigenvalue weighted by atomic mass is 16.5. The van der Waals surface area contributed by atoms with Crippen molar-refractivity contribution in [2.24, 2.45) is 11.7 Å². The van der Waals surface area contributed by atoms with Gasteiger partial charge in [-0.2, -0.15) is 0 Å².